The highest BCUT2D eigenvalue weighted by molar-refractivity contribution is 7.41. The Morgan fingerprint density at radius 2 is 1.29 bits per heavy atom. The second-order valence-corrected chi connectivity index (χ2v) is 6.02. The van der Waals surface area contributed by atoms with Gasteiger partial charge in [-0.25, -0.2) is 0 Å². The van der Waals surface area contributed by atoms with Crippen LogP contribution in [0.4, 0.5) is 0 Å². The fraction of sp³-hybridized carbons (Fsp3) is 0.875. The second kappa shape index (κ2) is 16.2. The topological polar surface area (TPSA) is 0 Å². The van der Waals surface area contributed by atoms with Gasteiger partial charge in [-0.2, -0.15) is 0 Å². The van der Waals surface area contributed by atoms with Crippen LogP contribution in [0.25, 0.3) is 0 Å². The van der Waals surface area contributed by atoms with E-state index in [1.165, 1.54) is 85.4 Å². The van der Waals surface area contributed by atoms with Crippen LogP contribution in [-0.2, 0) is 0 Å². The van der Waals surface area contributed by atoms with E-state index in [0.29, 0.717) is 0 Å². The van der Waals surface area contributed by atoms with Crippen LogP contribution in [0, 0.1) is 0 Å². The van der Waals surface area contributed by atoms with Crippen LogP contribution in [0.3, 0.4) is 0 Å². The Morgan fingerprint density at radius 3 is 1.94 bits per heavy atom. The van der Waals surface area contributed by atoms with Crippen LogP contribution in [0.15, 0.2) is 11.9 Å². The van der Waals surface area contributed by atoms with Gasteiger partial charge in [0.1, 0.15) is 0 Å². The van der Waals surface area contributed by atoms with Gasteiger partial charge < -0.3 is 0 Å². The third kappa shape index (κ3) is 16.2. The first-order chi connectivity index (χ1) is 8.41. The molecule has 101 valence electrons. The first-order valence-electron chi connectivity index (χ1n) is 7.73. The van der Waals surface area contributed by atoms with E-state index < -0.39 is 0 Å². The molecule has 0 atom stereocenters. The lowest BCUT2D eigenvalue weighted by Crippen LogP contribution is -1.81. The molecule has 17 heavy (non-hydrogen) atoms. The molecule has 0 N–H and O–H groups in total. The predicted octanol–water partition coefficient (Wildman–Crippen LogP) is 6.78. The molecule has 0 rings (SSSR count). The zero-order valence-corrected chi connectivity index (χ0v) is 13.0. The number of hydrogen-bond donors (Lipinski definition) is 0. The molecule has 0 aliphatic heterocycles. The Bertz CT molecular complexity index is 152. The van der Waals surface area contributed by atoms with Crippen molar-refractivity contribution in [2.75, 3.05) is 6.16 Å². The molecule has 0 aliphatic rings. The SMILES string of the molecule is CCCCC=C[P]CCCCCCCCCC. The van der Waals surface area contributed by atoms with Gasteiger partial charge in [0.25, 0.3) is 0 Å². The molecule has 0 nitrogen and oxygen atoms in total. The maximum absolute atomic E-state index is 2.36. The summed E-state index contributed by atoms with van der Waals surface area (Å²) < 4.78 is 0. The molecular formula is C16H32P. The van der Waals surface area contributed by atoms with Crippen molar-refractivity contribution in [3.63, 3.8) is 0 Å². The van der Waals surface area contributed by atoms with E-state index in [2.05, 4.69) is 25.7 Å². The highest BCUT2D eigenvalue weighted by atomic mass is 31.1. The van der Waals surface area contributed by atoms with Crippen molar-refractivity contribution in [3.8, 4) is 0 Å². The minimum Gasteiger partial charge on any atom is -0.0837 e. The predicted molar refractivity (Wildman–Crippen MR) is 83.1 cm³/mol. The van der Waals surface area contributed by atoms with Crippen LogP contribution in [0.5, 0.6) is 0 Å². The molecule has 0 saturated heterocycles. The fourth-order valence-corrected chi connectivity index (χ4v) is 2.74. The van der Waals surface area contributed by atoms with Gasteiger partial charge >= 0.3 is 0 Å². The molecule has 1 heteroatoms. The van der Waals surface area contributed by atoms with E-state index in [0.717, 1.165) is 0 Å². The Hall–Kier alpha value is 0.170. The molecule has 0 aliphatic carbocycles. The summed E-state index contributed by atoms with van der Waals surface area (Å²) in [7, 11) is 1.54. The van der Waals surface area contributed by atoms with Gasteiger partial charge in [-0.15, -0.1) is 0 Å². The van der Waals surface area contributed by atoms with Crippen molar-refractivity contribution in [3.05, 3.63) is 11.9 Å². The highest BCUT2D eigenvalue weighted by Gasteiger charge is 1.91. The first kappa shape index (κ1) is 17.2. The minimum absolute atomic E-state index is 1.28. The fourth-order valence-electron chi connectivity index (χ4n) is 1.88. The van der Waals surface area contributed by atoms with E-state index in [9.17, 15) is 0 Å². The van der Waals surface area contributed by atoms with E-state index >= 15 is 0 Å². The summed E-state index contributed by atoms with van der Waals surface area (Å²) in [5.41, 5.74) is 0. The molecule has 0 heterocycles. The number of hydrogen-bond acceptors (Lipinski definition) is 0. The zero-order chi connectivity index (χ0) is 12.6. The molecule has 0 fully saturated rings. The molecule has 0 amide bonds. The van der Waals surface area contributed by atoms with Gasteiger partial charge in [-0.1, -0.05) is 92.1 Å². The maximum Gasteiger partial charge on any atom is -0.0250 e. The third-order valence-electron chi connectivity index (χ3n) is 3.08. The van der Waals surface area contributed by atoms with Crippen molar-refractivity contribution in [2.45, 2.75) is 84.5 Å². The lowest BCUT2D eigenvalue weighted by atomic mass is 10.1. The first-order valence-corrected chi connectivity index (χ1v) is 8.88. The summed E-state index contributed by atoms with van der Waals surface area (Å²) in [4.78, 5) is 0. The largest absolute Gasteiger partial charge is 0.0837 e. The van der Waals surface area contributed by atoms with E-state index in [1.54, 1.807) is 0 Å². The summed E-state index contributed by atoms with van der Waals surface area (Å²) in [6.07, 6.45) is 19.2. The van der Waals surface area contributed by atoms with Gasteiger partial charge in [0.05, 0.1) is 0 Å². The summed E-state index contributed by atoms with van der Waals surface area (Å²) >= 11 is 0. The quantitative estimate of drug-likeness (QED) is 0.251. The molecule has 0 aromatic carbocycles. The van der Waals surface area contributed by atoms with Crippen LogP contribution in [0.1, 0.15) is 84.5 Å². The summed E-state index contributed by atoms with van der Waals surface area (Å²) in [6.45, 7) is 4.54. The molecule has 0 saturated carbocycles. The van der Waals surface area contributed by atoms with Crippen molar-refractivity contribution in [1.82, 2.24) is 0 Å². The Kier molecular flexibility index (Phi) is 16.3. The summed E-state index contributed by atoms with van der Waals surface area (Å²) in [5.74, 6) is 2.36. The molecule has 0 aromatic rings. The smallest absolute Gasteiger partial charge is 0.0250 e. The van der Waals surface area contributed by atoms with Crippen molar-refractivity contribution < 1.29 is 0 Å². The lowest BCUT2D eigenvalue weighted by Gasteiger charge is -2.00. The molecule has 0 spiro atoms. The third-order valence-corrected chi connectivity index (χ3v) is 4.07. The summed E-state index contributed by atoms with van der Waals surface area (Å²) in [6, 6.07) is 0. The summed E-state index contributed by atoms with van der Waals surface area (Å²) in [5, 5.41) is 0. The van der Waals surface area contributed by atoms with Gasteiger partial charge in [0.2, 0.25) is 0 Å². The van der Waals surface area contributed by atoms with E-state index in [1.807, 2.05) is 0 Å². The molecule has 0 aromatic heterocycles. The van der Waals surface area contributed by atoms with Crippen LogP contribution in [-0.4, -0.2) is 6.16 Å². The highest BCUT2D eigenvalue weighted by Crippen LogP contribution is 2.17. The Balaban J connectivity index is 2.96. The Labute approximate surface area is 111 Å². The zero-order valence-electron chi connectivity index (χ0n) is 12.1. The van der Waals surface area contributed by atoms with Gasteiger partial charge in [0, 0.05) is 0 Å². The Morgan fingerprint density at radius 1 is 0.706 bits per heavy atom. The minimum atomic E-state index is 1.28. The van der Waals surface area contributed by atoms with Crippen LogP contribution < -0.4 is 0 Å². The van der Waals surface area contributed by atoms with E-state index in [4.69, 9.17) is 0 Å². The van der Waals surface area contributed by atoms with Crippen LogP contribution >= 0.6 is 8.58 Å². The molecule has 0 bridgehead atoms. The van der Waals surface area contributed by atoms with Crippen LogP contribution in [0.2, 0.25) is 0 Å². The number of unbranched alkanes of at least 4 members (excludes halogenated alkanes) is 9. The van der Waals surface area contributed by atoms with Crippen molar-refractivity contribution in [1.29, 1.82) is 0 Å². The number of allylic oxidation sites excluding steroid dienone is 1. The van der Waals surface area contributed by atoms with Gasteiger partial charge in [-0.3, -0.25) is 0 Å². The van der Waals surface area contributed by atoms with Crippen molar-refractivity contribution in [2.24, 2.45) is 0 Å². The molecule has 1 radical (unpaired) electrons. The molecular weight excluding hydrogens is 223 g/mol. The molecule has 0 unspecified atom stereocenters. The maximum atomic E-state index is 2.36. The monoisotopic (exact) mass is 255 g/mol. The lowest BCUT2D eigenvalue weighted by molar-refractivity contribution is 0.586. The average Bonchev–Trinajstić information content (AvgIpc) is 2.35. The standard InChI is InChI=1S/C16H32P/c1-3-5-7-9-10-11-12-14-16-17-15-13-8-6-4-2/h13,15H,3-12,14,16H2,1-2H3. The van der Waals surface area contributed by atoms with Gasteiger partial charge in [0.15, 0.2) is 0 Å². The average molecular weight is 255 g/mol. The van der Waals surface area contributed by atoms with Gasteiger partial charge in [-0.05, 0) is 19.0 Å². The van der Waals surface area contributed by atoms with Crippen molar-refractivity contribution >= 4 is 8.58 Å². The normalized spacial score (nSPS) is 12.1. The second-order valence-electron chi connectivity index (χ2n) is 4.91. The number of rotatable bonds is 13. The van der Waals surface area contributed by atoms with E-state index in [-0.39, 0.29) is 0 Å².